The first-order valence-electron chi connectivity index (χ1n) is 9.19. The van der Waals surface area contributed by atoms with Gasteiger partial charge in [-0.15, -0.1) is 11.3 Å². The number of carbonyl (C=O) groups is 1. The second-order valence-corrected chi connectivity index (χ2v) is 7.68. The molecule has 8 nitrogen and oxygen atoms in total. The van der Waals surface area contributed by atoms with Gasteiger partial charge in [0.15, 0.2) is 11.3 Å². The van der Waals surface area contributed by atoms with Crippen LogP contribution in [0.5, 0.6) is 0 Å². The summed E-state index contributed by atoms with van der Waals surface area (Å²) in [4.78, 5) is 21.2. The highest BCUT2D eigenvalue weighted by Crippen LogP contribution is 2.31. The van der Waals surface area contributed by atoms with Gasteiger partial charge >= 0.3 is 6.18 Å². The summed E-state index contributed by atoms with van der Waals surface area (Å²) >= 11 is 1.52. The van der Waals surface area contributed by atoms with Crippen molar-refractivity contribution in [3.63, 3.8) is 0 Å². The van der Waals surface area contributed by atoms with E-state index in [4.69, 9.17) is 4.52 Å². The van der Waals surface area contributed by atoms with Crippen LogP contribution in [0.25, 0.3) is 16.4 Å². The summed E-state index contributed by atoms with van der Waals surface area (Å²) in [5, 5.41) is 11.8. The lowest BCUT2D eigenvalue weighted by atomic mass is 10.1. The fourth-order valence-corrected chi connectivity index (χ4v) is 3.73. The van der Waals surface area contributed by atoms with Gasteiger partial charge in [0.05, 0.1) is 10.4 Å². The molecule has 0 radical (unpaired) electrons. The van der Waals surface area contributed by atoms with Gasteiger partial charge < -0.3 is 15.2 Å². The van der Waals surface area contributed by atoms with Gasteiger partial charge in [0.1, 0.15) is 6.33 Å². The molecule has 32 heavy (non-hydrogen) atoms. The third kappa shape index (κ3) is 5.09. The predicted octanol–water partition coefficient (Wildman–Crippen LogP) is 5.09. The van der Waals surface area contributed by atoms with Crippen LogP contribution in [-0.4, -0.2) is 21.3 Å². The quantitative estimate of drug-likeness (QED) is 0.418. The molecule has 0 spiro atoms. The van der Waals surface area contributed by atoms with Gasteiger partial charge in [-0.05, 0) is 40.4 Å². The van der Waals surface area contributed by atoms with E-state index in [0.29, 0.717) is 6.54 Å². The maximum absolute atomic E-state index is 12.8. The summed E-state index contributed by atoms with van der Waals surface area (Å²) in [5.74, 6) is -0.0847. The molecule has 164 valence electrons. The molecule has 3 aromatic heterocycles. The average Bonchev–Trinajstić information content (AvgIpc) is 3.38. The molecule has 0 bridgehead atoms. The van der Waals surface area contributed by atoms with Gasteiger partial charge in [-0.3, -0.25) is 4.79 Å². The molecule has 1 N–H and O–H groups in total. The van der Waals surface area contributed by atoms with Crippen molar-refractivity contribution in [3.8, 4) is 11.1 Å². The van der Waals surface area contributed by atoms with Gasteiger partial charge in [-0.1, -0.05) is 18.2 Å². The summed E-state index contributed by atoms with van der Waals surface area (Å²) in [7, 11) is 0. The number of halogens is 3. The van der Waals surface area contributed by atoms with Crippen LogP contribution in [0.15, 0.2) is 59.0 Å². The molecule has 0 atom stereocenters. The van der Waals surface area contributed by atoms with E-state index < -0.39 is 17.8 Å². The summed E-state index contributed by atoms with van der Waals surface area (Å²) in [6.45, 7) is 2.28. The van der Waals surface area contributed by atoms with Crippen molar-refractivity contribution >= 4 is 28.9 Å². The van der Waals surface area contributed by atoms with Crippen LogP contribution in [0, 0.1) is 6.92 Å². The van der Waals surface area contributed by atoms with Crippen molar-refractivity contribution in [2.24, 2.45) is 0 Å². The van der Waals surface area contributed by atoms with Gasteiger partial charge in [-0.2, -0.15) is 13.2 Å². The highest BCUT2D eigenvalue weighted by Gasteiger charge is 2.30. The SMILES string of the molecule is Cc1ncncc1-c1csc(C[n+]2cc([N-]C(=O)Nc3cccc(C(F)(F)F)c3)on2)c1. The molecule has 4 aromatic rings. The molecular formula is C20H15F3N6O2S. The Balaban J connectivity index is 1.37. The van der Waals surface area contributed by atoms with Crippen LogP contribution in [0.2, 0.25) is 0 Å². The number of anilines is 1. The summed E-state index contributed by atoms with van der Waals surface area (Å²) in [6, 6.07) is 5.35. The first kappa shape index (κ1) is 21.4. The Bertz CT molecular complexity index is 1250. The van der Waals surface area contributed by atoms with Gasteiger partial charge in [0.25, 0.3) is 0 Å². The van der Waals surface area contributed by atoms with Crippen LogP contribution in [-0.2, 0) is 12.7 Å². The van der Waals surface area contributed by atoms with Crippen molar-refractivity contribution < 1.29 is 27.2 Å². The van der Waals surface area contributed by atoms with E-state index in [9.17, 15) is 18.0 Å². The van der Waals surface area contributed by atoms with Gasteiger partial charge in [0, 0.05) is 17.5 Å². The maximum atomic E-state index is 12.8. The van der Waals surface area contributed by atoms with Crippen molar-refractivity contribution in [1.82, 2.24) is 15.2 Å². The Morgan fingerprint density at radius 1 is 1.31 bits per heavy atom. The lowest BCUT2D eigenvalue weighted by molar-refractivity contribution is -0.754. The lowest BCUT2D eigenvalue weighted by Gasteiger charge is -2.15. The average molecular weight is 460 g/mol. The Labute approximate surface area is 183 Å². The van der Waals surface area contributed by atoms with E-state index >= 15 is 0 Å². The molecule has 2 amide bonds. The minimum atomic E-state index is -4.51. The van der Waals surface area contributed by atoms with Crippen LogP contribution in [0.1, 0.15) is 16.1 Å². The summed E-state index contributed by atoms with van der Waals surface area (Å²) < 4.78 is 44.8. The molecule has 1 aromatic carbocycles. The number of alkyl halides is 3. The number of benzene rings is 1. The number of hydrogen-bond donors (Lipinski definition) is 1. The first-order valence-corrected chi connectivity index (χ1v) is 10.1. The Morgan fingerprint density at radius 2 is 2.16 bits per heavy atom. The second kappa shape index (κ2) is 8.75. The number of amides is 2. The number of thiophene rings is 1. The maximum Gasteiger partial charge on any atom is 0.416 e. The molecule has 4 rings (SSSR count). The van der Waals surface area contributed by atoms with Crippen molar-refractivity contribution in [3.05, 3.63) is 75.9 Å². The summed E-state index contributed by atoms with van der Waals surface area (Å²) in [6.07, 6.45) is 0.146. The highest BCUT2D eigenvalue weighted by molar-refractivity contribution is 7.10. The molecular weight excluding hydrogens is 445 g/mol. The number of hydrogen-bond acceptors (Lipinski definition) is 6. The van der Waals surface area contributed by atoms with Crippen molar-refractivity contribution in [2.45, 2.75) is 19.6 Å². The van der Waals surface area contributed by atoms with E-state index in [2.05, 4.69) is 25.9 Å². The van der Waals surface area contributed by atoms with Crippen molar-refractivity contribution in [2.75, 3.05) is 5.32 Å². The molecule has 0 fully saturated rings. The number of rotatable bonds is 5. The topological polar surface area (TPSA) is 98.9 Å². The minimum Gasteiger partial charge on any atom is -0.424 e. The fraction of sp³-hybridized carbons (Fsp3) is 0.150. The Morgan fingerprint density at radius 3 is 2.94 bits per heavy atom. The zero-order valence-corrected chi connectivity index (χ0v) is 17.3. The molecule has 0 saturated heterocycles. The van der Waals surface area contributed by atoms with E-state index in [1.165, 1.54) is 40.7 Å². The van der Waals surface area contributed by atoms with E-state index in [1.807, 2.05) is 18.4 Å². The van der Waals surface area contributed by atoms with Crippen molar-refractivity contribution in [1.29, 1.82) is 0 Å². The monoisotopic (exact) mass is 460 g/mol. The van der Waals surface area contributed by atoms with Crippen LogP contribution < -0.4 is 10.00 Å². The number of nitrogens with zero attached hydrogens (tertiary/aromatic N) is 5. The number of carbonyl (C=O) groups excluding carboxylic acids is 1. The third-order valence-corrected chi connectivity index (χ3v) is 5.27. The number of aromatic nitrogens is 4. The zero-order valence-electron chi connectivity index (χ0n) is 16.5. The van der Waals surface area contributed by atoms with Crippen LogP contribution in [0.3, 0.4) is 0 Å². The standard InChI is InChI=1S/C20H15F3N6O2S/c1-12-17(7-24-11-25-12)13-5-16(32-10-13)8-29-9-18(31-28-29)27-19(30)26-15-4-2-3-14(6-15)20(21,22)23/h2-7,9-11H,8H2,1H3,(H-,26,27,28,30). The fourth-order valence-electron chi connectivity index (χ4n) is 2.86. The molecule has 12 heteroatoms. The number of nitrogens with one attached hydrogen (secondary N) is 1. The largest absolute Gasteiger partial charge is 0.424 e. The molecule has 0 aliphatic rings. The molecule has 0 unspecified atom stereocenters. The van der Waals surface area contributed by atoms with E-state index in [-0.39, 0.29) is 11.6 Å². The van der Waals surface area contributed by atoms with E-state index in [0.717, 1.165) is 33.8 Å². The Kier molecular flexibility index (Phi) is 5.86. The Hall–Kier alpha value is -3.80. The van der Waals surface area contributed by atoms with Gasteiger partial charge in [-0.25, -0.2) is 9.97 Å². The van der Waals surface area contributed by atoms with Crippen LogP contribution in [0.4, 0.5) is 29.5 Å². The van der Waals surface area contributed by atoms with Crippen LogP contribution >= 0.6 is 11.3 Å². The number of urea groups is 1. The minimum absolute atomic E-state index is 0.0349. The molecule has 3 heterocycles. The van der Waals surface area contributed by atoms with Gasteiger partial charge in [0.2, 0.25) is 18.6 Å². The highest BCUT2D eigenvalue weighted by atomic mass is 32.1. The van der Waals surface area contributed by atoms with E-state index in [1.54, 1.807) is 6.20 Å². The normalized spacial score (nSPS) is 11.4. The summed E-state index contributed by atoms with van der Waals surface area (Å²) in [5.41, 5.74) is 1.87. The zero-order chi connectivity index (χ0) is 22.7. The molecule has 0 aliphatic carbocycles. The number of aryl methyl sites for hydroxylation is 1. The second-order valence-electron chi connectivity index (χ2n) is 6.68. The first-order chi connectivity index (χ1) is 15.3. The smallest absolute Gasteiger partial charge is 0.416 e. The molecule has 0 aliphatic heterocycles. The lowest BCUT2D eigenvalue weighted by Crippen LogP contribution is -2.34. The predicted molar refractivity (Wildman–Crippen MR) is 109 cm³/mol. The third-order valence-electron chi connectivity index (χ3n) is 4.35. The molecule has 0 saturated carbocycles.